The number of nitrogens with one attached hydrogen (secondary N) is 2. The maximum atomic E-state index is 12.2. The molecule has 0 aliphatic heterocycles. The molecule has 2 aromatic carbocycles. The van der Waals surface area contributed by atoms with Crippen molar-refractivity contribution in [3.05, 3.63) is 52.0 Å². The maximum absolute atomic E-state index is 12.2. The third-order valence-corrected chi connectivity index (χ3v) is 4.29. The van der Waals surface area contributed by atoms with Gasteiger partial charge in [-0.2, -0.15) is 0 Å². The number of methoxy groups -OCH3 is 2. The second kappa shape index (κ2) is 8.78. The minimum atomic E-state index is -0.868. The van der Waals surface area contributed by atoms with Gasteiger partial charge in [0.15, 0.2) is 11.5 Å². The Balaban J connectivity index is 2.08. The number of carbonyl (C=O) groups excluding carboxylic acids is 2. The number of carbonyl (C=O) groups is 2. The lowest BCUT2D eigenvalue weighted by molar-refractivity contribution is -0.136. The van der Waals surface area contributed by atoms with Crippen LogP contribution in [0.4, 0.5) is 5.69 Å². The van der Waals surface area contributed by atoms with Crippen LogP contribution in [-0.4, -0.2) is 26.0 Å². The Morgan fingerprint density at radius 2 is 1.58 bits per heavy atom. The largest absolute Gasteiger partial charge is 0.493 e. The number of ether oxygens (including phenoxy) is 2. The highest BCUT2D eigenvalue weighted by molar-refractivity contribution is 6.44. The maximum Gasteiger partial charge on any atom is 0.313 e. The molecule has 0 spiro atoms. The smallest absolute Gasteiger partial charge is 0.313 e. The molecule has 2 N–H and O–H groups in total. The van der Waals surface area contributed by atoms with Crippen LogP contribution in [0.3, 0.4) is 0 Å². The van der Waals surface area contributed by atoms with Crippen LogP contribution in [0.25, 0.3) is 0 Å². The first-order chi connectivity index (χ1) is 12.4. The standard InChI is InChI=1S/C18H18Cl2N2O4/c1-10(11-7-8-14(25-2)15(9-11)26-3)21-17(23)18(24)22-16-12(19)5-4-6-13(16)20/h4-10H,1-3H3,(H,21,23)(H,22,24). The quantitative estimate of drug-likeness (QED) is 0.752. The van der Waals surface area contributed by atoms with Crippen molar-refractivity contribution in [1.82, 2.24) is 5.32 Å². The van der Waals surface area contributed by atoms with E-state index in [1.54, 1.807) is 43.3 Å². The summed E-state index contributed by atoms with van der Waals surface area (Å²) in [5.74, 6) is -0.588. The molecule has 0 bridgehead atoms. The number of benzene rings is 2. The predicted molar refractivity (Wildman–Crippen MR) is 101 cm³/mol. The minimum Gasteiger partial charge on any atom is -0.493 e. The monoisotopic (exact) mass is 396 g/mol. The summed E-state index contributed by atoms with van der Waals surface area (Å²) in [6, 6.07) is 9.55. The van der Waals surface area contributed by atoms with Crippen LogP contribution in [0.15, 0.2) is 36.4 Å². The van der Waals surface area contributed by atoms with Gasteiger partial charge in [0.1, 0.15) is 0 Å². The fraction of sp³-hybridized carbons (Fsp3) is 0.222. The van der Waals surface area contributed by atoms with Crippen LogP contribution in [-0.2, 0) is 9.59 Å². The molecule has 26 heavy (non-hydrogen) atoms. The summed E-state index contributed by atoms with van der Waals surface area (Å²) in [4.78, 5) is 24.3. The van der Waals surface area contributed by atoms with Gasteiger partial charge >= 0.3 is 11.8 Å². The zero-order valence-corrected chi connectivity index (χ0v) is 15.9. The average Bonchev–Trinajstić information content (AvgIpc) is 2.63. The molecule has 0 aromatic heterocycles. The fourth-order valence-electron chi connectivity index (χ4n) is 2.26. The molecule has 1 unspecified atom stereocenters. The van der Waals surface area contributed by atoms with Gasteiger partial charge in [-0.25, -0.2) is 0 Å². The molecular weight excluding hydrogens is 379 g/mol. The highest BCUT2D eigenvalue weighted by Crippen LogP contribution is 2.31. The van der Waals surface area contributed by atoms with E-state index in [2.05, 4.69) is 10.6 Å². The zero-order valence-electron chi connectivity index (χ0n) is 14.4. The van der Waals surface area contributed by atoms with Gasteiger partial charge in [0.2, 0.25) is 0 Å². The lowest BCUT2D eigenvalue weighted by Crippen LogP contribution is -2.37. The number of amides is 2. The van der Waals surface area contributed by atoms with Crippen LogP contribution in [0.5, 0.6) is 11.5 Å². The molecule has 0 aliphatic rings. The molecule has 0 saturated carbocycles. The summed E-state index contributed by atoms with van der Waals surface area (Å²) in [7, 11) is 3.05. The first kappa shape index (κ1) is 19.9. The van der Waals surface area contributed by atoms with E-state index in [1.165, 1.54) is 14.2 Å². The lowest BCUT2D eigenvalue weighted by Gasteiger charge is -2.16. The Morgan fingerprint density at radius 1 is 0.962 bits per heavy atom. The van der Waals surface area contributed by atoms with Crippen molar-refractivity contribution < 1.29 is 19.1 Å². The van der Waals surface area contributed by atoms with Crippen molar-refractivity contribution in [3.63, 3.8) is 0 Å². The number of anilines is 1. The van der Waals surface area contributed by atoms with Crippen molar-refractivity contribution in [2.75, 3.05) is 19.5 Å². The Hall–Kier alpha value is -2.44. The molecule has 0 aliphatic carbocycles. The molecule has 6 nitrogen and oxygen atoms in total. The third-order valence-electron chi connectivity index (χ3n) is 3.66. The van der Waals surface area contributed by atoms with E-state index in [4.69, 9.17) is 32.7 Å². The van der Waals surface area contributed by atoms with Crippen LogP contribution < -0.4 is 20.1 Å². The topological polar surface area (TPSA) is 76.7 Å². The molecule has 0 fully saturated rings. The van der Waals surface area contributed by atoms with Crippen molar-refractivity contribution in [2.24, 2.45) is 0 Å². The Bertz CT molecular complexity index is 807. The molecule has 0 heterocycles. The minimum absolute atomic E-state index is 0.190. The van der Waals surface area contributed by atoms with Crippen LogP contribution in [0.2, 0.25) is 10.0 Å². The highest BCUT2D eigenvalue weighted by Gasteiger charge is 2.20. The second-order valence-corrected chi connectivity index (χ2v) is 6.17. The highest BCUT2D eigenvalue weighted by atomic mass is 35.5. The zero-order chi connectivity index (χ0) is 19.3. The predicted octanol–water partition coefficient (Wildman–Crippen LogP) is 3.83. The van der Waals surface area contributed by atoms with Gasteiger partial charge in [-0.15, -0.1) is 0 Å². The number of para-hydroxylation sites is 1. The third kappa shape index (κ3) is 4.59. The molecule has 1 atom stereocenters. The van der Waals surface area contributed by atoms with Crippen LogP contribution >= 0.6 is 23.2 Å². The van der Waals surface area contributed by atoms with Gasteiger partial charge < -0.3 is 20.1 Å². The fourth-order valence-corrected chi connectivity index (χ4v) is 2.75. The van der Waals surface area contributed by atoms with E-state index in [0.717, 1.165) is 5.56 Å². The second-order valence-electron chi connectivity index (χ2n) is 5.36. The summed E-state index contributed by atoms with van der Waals surface area (Å²) in [6.45, 7) is 1.74. The molecule has 2 aromatic rings. The van der Waals surface area contributed by atoms with Crippen molar-refractivity contribution >= 4 is 40.7 Å². The van der Waals surface area contributed by atoms with Crippen molar-refractivity contribution in [1.29, 1.82) is 0 Å². The van der Waals surface area contributed by atoms with E-state index in [-0.39, 0.29) is 15.7 Å². The average molecular weight is 397 g/mol. The van der Waals surface area contributed by atoms with Crippen molar-refractivity contribution in [2.45, 2.75) is 13.0 Å². The number of hydrogen-bond acceptors (Lipinski definition) is 4. The Labute approximate surface area is 161 Å². The lowest BCUT2D eigenvalue weighted by atomic mass is 10.1. The molecule has 0 radical (unpaired) electrons. The van der Waals surface area contributed by atoms with Crippen molar-refractivity contribution in [3.8, 4) is 11.5 Å². The van der Waals surface area contributed by atoms with E-state index in [1.807, 2.05) is 0 Å². The SMILES string of the molecule is COc1ccc(C(C)NC(=O)C(=O)Nc2c(Cl)cccc2Cl)cc1OC. The van der Waals surface area contributed by atoms with Gasteiger partial charge in [-0.1, -0.05) is 35.3 Å². The van der Waals surface area contributed by atoms with Gasteiger partial charge in [0, 0.05) is 0 Å². The normalized spacial score (nSPS) is 11.4. The summed E-state index contributed by atoms with van der Waals surface area (Å²) < 4.78 is 10.4. The molecule has 2 rings (SSSR count). The summed E-state index contributed by atoms with van der Waals surface area (Å²) in [5.41, 5.74) is 0.939. The number of hydrogen-bond donors (Lipinski definition) is 2. The first-order valence-corrected chi connectivity index (χ1v) is 8.40. The summed E-state index contributed by atoms with van der Waals surface area (Å²) in [5, 5.41) is 5.51. The van der Waals surface area contributed by atoms with E-state index in [9.17, 15) is 9.59 Å². The van der Waals surface area contributed by atoms with Gasteiger partial charge in [-0.3, -0.25) is 9.59 Å². The molecule has 2 amide bonds. The van der Waals surface area contributed by atoms with E-state index < -0.39 is 17.9 Å². The Kier molecular flexibility index (Phi) is 6.71. The van der Waals surface area contributed by atoms with Crippen LogP contribution in [0, 0.1) is 0 Å². The Morgan fingerprint density at radius 3 is 2.15 bits per heavy atom. The van der Waals surface area contributed by atoms with Gasteiger partial charge in [0.25, 0.3) is 0 Å². The van der Waals surface area contributed by atoms with Gasteiger partial charge in [-0.05, 0) is 36.8 Å². The molecule has 0 saturated heterocycles. The first-order valence-electron chi connectivity index (χ1n) is 7.65. The molecule has 8 heteroatoms. The van der Waals surface area contributed by atoms with Gasteiger partial charge in [0.05, 0.1) is 36.0 Å². The number of halogens is 2. The van der Waals surface area contributed by atoms with Crippen LogP contribution in [0.1, 0.15) is 18.5 Å². The molecular formula is C18H18Cl2N2O4. The van der Waals surface area contributed by atoms with E-state index in [0.29, 0.717) is 11.5 Å². The summed E-state index contributed by atoms with van der Waals surface area (Å²) in [6.07, 6.45) is 0. The van der Waals surface area contributed by atoms with E-state index >= 15 is 0 Å². The summed E-state index contributed by atoms with van der Waals surface area (Å²) >= 11 is 12.0. The number of rotatable bonds is 5. The molecule has 138 valence electrons.